The average molecular weight is 389 g/mol. The molecule has 0 aliphatic rings. The van der Waals surface area contributed by atoms with Gasteiger partial charge in [0.05, 0.1) is 6.54 Å². The predicted molar refractivity (Wildman–Crippen MR) is 118 cm³/mol. The molecule has 0 fully saturated rings. The summed E-state index contributed by atoms with van der Waals surface area (Å²) in [4.78, 5) is 5.16. The topological polar surface area (TPSA) is 96.2 Å². The van der Waals surface area contributed by atoms with Crippen molar-refractivity contribution < 1.29 is 5.73 Å². The van der Waals surface area contributed by atoms with Crippen LogP contribution in [0.2, 0.25) is 0 Å². The zero-order valence-corrected chi connectivity index (χ0v) is 18.4. The molecule has 27 heavy (non-hydrogen) atoms. The molecule has 0 amide bonds. The molecule has 0 spiro atoms. The van der Waals surface area contributed by atoms with Gasteiger partial charge in [-0.15, -0.1) is 0 Å². The normalized spacial score (nSPS) is 11.8. The van der Waals surface area contributed by atoms with E-state index < -0.39 is 0 Å². The zero-order valence-electron chi connectivity index (χ0n) is 18.4. The molecule has 0 aromatic carbocycles. The Balaban J connectivity index is 3.76. The highest BCUT2D eigenvalue weighted by molar-refractivity contribution is 4.63. The van der Waals surface area contributed by atoms with Crippen LogP contribution in [-0.4, -0.2) is 102 Å². The zero-order chi connectivity index (χ0) is 20.0. The molecule has 0 aliphatic carbocycles. The van der Waals surface area contributed by atoms with Crippen molar-refractivity contribution in [1.82, 2.24) is 25.8 Å². The van der Waals surface area contributed by atoms with Crippen molar-refractivity contribution in [1.29, 1.82) is 0 Å². The third-order valence-corrected chi connectivity index (χ3v) is 4.86. The van der Waals surface area contributed by atoms with E-state index in [2.05, 4.69) is 31.5 Å². The fourth-order valence-electron chi connectivity index (χ4n) is 3.26. The lowest BCUT2D eigenvalue weighted by atomic mass is 10.2. The summed E-state index contributed by atoms with van der Waals surface area (Å²) >= 11 is 0. The van der Waals surface area contributed by atoms with E-state index >= 15 is 0 Å². The van der Waals surface area contributed by atoms with Gasteiger partial charge in [0, 0.05) is 13.0 Å². The van der Waals surface area contributed by atoms with E-state index in [0.717, 1.165) is 52.2 Å². The summed E-state index contributed by atoms with van der Waals surface area (Å²) in [6.45, 7) is 13.3. The van der Waals surface area contributed by atoms with Gasteiger partial charge in [0.25, 0.3) is 0 Å². The van der Waals surface area contributed by atoms with E-state index in [4.69, 9.17) is 5.73 Å². The van der Waals surface area contributed by atoms with Crippen LogP contribution in [0, 0.1) is 0 Å². The molecular formula is C20H50N7+. The molecule has 7 nitrogen and oxygen atoms in total. The highest BCUT2D eigenvalue weighted by atomic mass is 15.1. The standard InChI is InChI=1S/C20H49N7/c1-23-11-5-17-26(15-3-9-21)19-7-13-25-14-8-20-27(16-4-10-22)18-6-12-24-2/h23-25H,3-22H2,1-2H3/p+1. The fourth-order valence-corrected chi connectivity index (χ4v) is 3.26. The smallest absolute Gasteiger partial charge is 0.0752 e. The molecule has 0 heterocycles. The van der Waals surface area contributed by atoms with Crippen molar-refractivity contribution >= 4 is 0 Å². The van der Waals surface area contributed by atoms with Crippen LogP contribution >= 0.6 is 0 Å². The lowest BCUT2D eigenvalue weighted by molar-refractivity contribution is -0.368. The minimum absolute atomic E-state index is 0.791. The average Bonchev–Trinajstić information content (AvgIpc) is 2.68. The molecule has 8 N–H and O–H groups in total. The van der Waals surface area contributed by atoms with Crippen LogP contribution in [0.25, 0.3) is 0 Å². The molecule has 0 unspecified atom stereocenters. The van der Waals surface area contributed by atoms with Crippen molar-refractivity contribution in [3.05, 3.63) is 0 Å². The molecule has 0 aromatic rings. The molecule has 164 valence electrons. The number of nitrogens with one attached hydrogen (secondary N) is 3. The van der Waals surface area contributed by atoms with E-state index in [1.165, 1.54) is 64.8 Å². The summed E-state index contributed by atoms with van der Waals surface area (Å²) < 4.78 is 0. The lowest BCUT2D eigenvalue weighted by Gasteiger charge is -2.23. The third kappa shape index (κ3) is 18.8. The van der Waals surface area contributed by atoms with Gasteiger partial charge in [-0.25, -0.2) is 0 Å². The largest absolute Gasteiger partial charge is 0.358 e. The highest BCUT2D eigenvalue weighted by Crippen LogP contribution is 1.97. The van der Waals surface area contributed by atoms with Crippen LogP contribution < -0.4 is 27.4 Å². The van der Waals surface area contributed by atoms with Gasteiger partial charge in [0.15, 0.2) is 0 Å². The van der Waals surface area contributed by atoms with E-state index in [1.807, 2.05) is 14.1 Å². The first-order chi connectivity index (χ1) is 13.3. The maximum Gasteiger partial charge on any atom is 0.0752 e. The maximum absolute atomic E-state index is 5.67. The Morgan fingerprint density at radius 3 is 1.44 bits per heavy atom. The summed E-state index contributed by atoms with van der Waals surface area (Å²) in [5, 5.41) is 10.1. The van der Waals surface area contributed by atoms with Crippen LogP contribution in [0.1, 0.15) is 38.5 Å². The number of rotatable bonds is 22. The Hall–Kier alpha value is -0.280. The Morgan fingerprint density at radius 1 is 0.630 bits per heavy atom. The molecule has 0 saturated heterocycles. The lowest BCUT2D eigenvalue weighted by Crippen LogP contribution is -2.51. The van der Waals surface area contributed by atoms with Crippen molar-refractivity contribution in [2.45, 2.75) is 38.5 Å². The molecule has 0 bridgehead atoms. The van der Waals surface area contributed by atoms with Gasteiger partial charge in [-0.2, -0.15) is 0 Å². The number of quaternary nitrogens is 1. The van der Waals surface area contributed by atoms with E-state index in [1.54, 1.807) is 0 Å². The second kappa shape index (κ2) is 22.0. The van der Waals surface area contributed by atoms with Crippen molar-refractivity contribution in [2.75, 3.05) is 92.6 Å². The molecule has 0 atom stereocenters. The second-order valence-electron chi connectivity index (χ2n) is 7.40. The molecule has 7 heteroatoms. The van der Waals surface area contributed by atoms with Crippen LogP contribution in [0.4, 0.5) is 0 Å². The first-order valence-electron chi connectivity index (χ1n) is 11.2. The molecule has 0 aromatic heterocycles. The van der Waals surface area contributed by atoms with Gasteiger partial charge < -0.3 is 37.2 Å². The fraction of sp³-hybridized carbons (Fsp3) is 1.00. The SMILES string of the molecule is CNCCCN(CCCN)CCCNCCCN(CCC[NH3+])CCCNC. The Morgan fingerprint density at radius 2 is 1.04 bits per heavy atom. The van der Waals surface area contributed by atoms with Gasteiger partial charge in [0.2, 0.25) is 0 Å². The number of nitrogens with zero attached hydrogens (tertiary/aromatic N) is 2. The van der Waals surface area contributed by atoms with Crippen LogP contribution in [-0.2, 0) is 0 Å². The summed E-state index contributed by atoms with van der Waals surface area (Å²) in [5.41, 5.74) is 9.65. The molecule has 0 radical (unpaired) electrons. The number of nitrogens with two attached hydrogens (primary N) is 1. The van der Waals surface area contributed by atoms with Crippen LogP contribution in [0.5, 0.6) is 0 Å². The highest BCUT2D eigenvalue weighted by Gasteiger charge is 2.05. The molecule has 0 aliphatic heterocycles. The summed E-state index contributed by atoms with van der Waals surface area (Å²) in [5.74, 6) is 0. The van der Waals surface area contributed by atoms with Gasteiger partial charge in [0.1, 0.15) is 0 Å². The van der Waals surface area contributed by atoms with Crippen LogP contribution in [0.15, 0.2) is 0 Å². The Labute approximate surface area is 169 Å². The van der Waals surface area contributed by atoms with Crippen molar-refractivity contribution in [3.8, 4) is 0 Å². The quantitative estimate of drug-likeness (QED) is 0.155. The van der Waals surface area contributed by atoms with Gasteiger partial charge in [-0.3, -0.25) is 0 Å². The van der Waals surface area contributed by atoms with E-state index in [-0.39, 0.29) is 0 Å². The van der Waals surface area contributed by atoms with Crippen LogP contribution in [0.3, 0.4) is 0 Å². The van der Waals surface area contributed by atoms with Gasteiger partial charge in [-0.1, -0.05) is 0 Å². The molecular weight excluding hydrogens is 338 g/mol. The van der Waals surface area contributed by atoms with Crippen molar-refractivity contribution in [2.24, 2.45) is 5.73 Å². The number of hydrogen-bond acceptors (Lipinski definition) is 6. The minimum Gasteiger partial charge on any atom is -0.358 e. The summed E-state index contributed by atoms with van der Waals surface area (Å²) in [6, 6.07) is 0. The number of hydrogen-bond donors (Lipinski definition) is 5. The summed E-state index contributed by atoms with van der Waals surface area (Å²) in [6.07, 6.45) is 7.20. The Bertz CT molecular complexity index is 253. The minimum atomic E-state index is 0.791. The maximum atomic E-state index is 5.67. The molecule has 0 saturated carbocycles. The predicted octanol–water partition coefficient (Wildman–Crippen LogP) is -0.840. The Kier molecular flexibility index (Phi) is 21.8. The second-order valence-corrected chi connectivity index (χ2v) is 7.40. The van der Waals surface area contributed by atoms with Gasteiger partial charge >= 0.3 is 0 Å². The molecule has 0 rings (SSSR count). The monoisotopic (exact) mass is 388 g/mol. The summed E-state index contributed by atoms with van der Waals surface area (Å²) in [7, 11) is 4.05. The first kappa shape index (κ1) is 26.7. The van der Waals surface area contributed by atoms with E-state index in [9.17, 15) is 0 Å². The van der Waals surface area contributed by atoms with E-state index in [0.29, 0.717) is 0 Å². The van der Waals surface area contributed by atoms with Crippen molar-refractivity contribution in [3.63, 3.8) is 0 Å². The first-order valence-corrected chi connectivity index (χ1v) is 11.2. The van der Waals surface area contributed by atoms with Gasteiger partial charge in [-0.05, 0) is 112 Å². The third-order valence-electron chi connectivity index (χ3n) is 4.86.